The first-order chi connectivity index (χ1) is 14.5. The maximum absolute atomic E-state index is 12.8. The number of halogens is 1. The molecule has 1 aromatic carbocycles. The summed E-state index contributed by atoms with van der Waals surface area (Å²) < 4.78 is 1.91. The molecule has 2 aliphatic rings. The van der Waals surface area contributed by atoms with E-state index < -0.39 is 11.1 Å². The third-order valence-electron chi connectivity index (χ3n) is 5.29. The number of benzene rings is 1. The van der Waals surface area contributed by atoms with Crippen molar-refractivity contribution in [3.8, 4) is 5.69 Å². The lowest BCUT2D eigenvalue weighted by Crippen LogP contribution is -2.42. The zero-order chi connectivity index (χ0) is 21.1. The summed E-state index contributed by atoms with van der Waals surface area (Å²) in [6.45, 7) is 1.19. The summed E-state index contributed by atoms with van der Waals surface area (Å²) in [7, 11) is 0. The van der Waals surface area contributed by atoms with Gasteiger partial charge in [-0.15, -0.1) is 0 Å². The summed E-state index contributed by atoms with van der Waals surface area (Å²) in [5, 5.41) is 0.238. The summed E-state index contributed by atoms with van der Waals surface area (Å²) in [6, 6.07) is 11.1. The Morgan fingerprint density at radius 1 is 1.03 bits per heavy atom. The van der Waals surface area contributed by atoms with Gasteiger partial charge in [-0.2, -0.15) is 0 Å². The SMILES string of the molecule is O=C(CN1C(=O)SC(=Cc2cccn2-c2ccc(Cl)cc2)C1=O)N1CCCCCC1. The minimum Gasteiger partial charge on any atom is -0.341 e. The van der Waals surface area contributed by atoms with E-state index in [1.165, 1.54) is 0 Å². The lowest BCUT2D eigenvalue weighted by atomic mass is 10.2. The zero-order valence-electron chi connectivity index (χ0n) is 16.4. The molecule has 0 spiro atoms. The Hall–Kier alpha value is -2.51. The smallest absolute Gasteiger partial charge is 0.294 e. The molecule has 0 unspecified atom stereocenters. The number of likely N-dealkylation sites (tertiary alicyclic amines) is 1. The molecule has 6 nitrogen and oxygen atoms in total. The number of rotatable bonds is 4. The molecule has 0 bridgehead atoms. The van der Waals surface area contributed by atoms with Crippen LogP contribution < -0.4 is 0 Å². The van der Waals surface area contributed by atoms with E-state index in [1.54, 1.807) is 23.1 Å². The van der Waals surface area contributed by atoms with E-state index in [-0.39, 0.29) is 12.5 Å². The molecular weight excluding hydrogens is 422 g/mol. The summed E-state index contributed by atoms with van der Waals surface area (Å²) in [4.78, 5) is 41.0. The van der Waals surface area contributed by atoms with Crippen molar-refractivity contribution in [3.63, 3.8) is 0 Å². The van der Waals surface area contributed by atoms with Gasteiger partial charge in [-0.1, -0.05) is 24.4 Å². The van der Waals surface area contributed by atoms with Gasteiger partial charge >= 0.3 is 0 Å². The number of thioether (sulfide) groups is 1. The van der Waals surface area contributed by atoms with Crippen LogP contribution in [0, 0.1) is 0 Å². The van der Waals surface area contributed by atoms with E-state index in [9.17, 15) is 14.4 Å². The van der Waals surface area contributed by atoms with Crippen LogP contribution in [0.25, 0.3) is 11.8 Å². The van der Waals surface area contributed by atoms with Crippen LogP contribution in [0.3, 0.4) is 0 Å². The molecule has 2 aromatic rings. The molecule has 156 valence electrons. The quantitative estimate of drug-likeness (QED) is 0.649. The molecule has 0 N–H and O–H groups in total. The summed E-state index contributed by atoms with van der Waals surface area (Å²) in [5.74, 6) is -0.581. The second kappa shape index (κ2) is 9.10. The highest BCUT2D eigenvalue weighted by atomic mass is 35.5. The van der Waals surface area contributed by atoms with Crippen molar-refractivity contribution < 1.29 is 14.4 Å². The van der Waals surface area contributed by atoms with Crippen molar-refractivity contribution in [1.29, 1.82) is 0 Å². The molecule has 2 fully saturated rings. The maximum atomic E-state index is 12.8. The Morgan fingerprint density at radius 2 is 1.73 bits per heavy atom. The largest absolute Gasteiger partial charge is 0.341 e. The summed E-state index contributed by atoms with van der Waals surface area (Å²) >= 11 is 6.84. The normalized spacial score (nSPS) is 18.9. The first-order valence-electron chi connectivity index (χ1n) is 9.99. The van der Waals surface area contributed by atoms with Gasteiger partial charge in [0.05, 0.1) is 4.91 Å². The monoisotopic (exact) mass is 443 g/mol. The number of imide groups is 1. The Bertz CT molecular complexity index is 991. The van der Waals surface area contributed by atoms with Crippen LogP contribution in [0.4, 0.5) is 4.79 Å². The van der Waals surface area contributed by atoms with Crippen LogP contribution >= 0.6 is 23.4 Å². The van der Waals surface area contributed by atoms with Crippen molar-refractivity contribution in [3.05, 3.63) is 58.2 Å². The van der Waals surface area contributed by atoms with E-state index in [2.05, 4.69) is 0 Å². The Kier molecular flexibility index (Phi) is 6.29. The third-order valence-corrected chi connectivity index (χ3v) is 6.45. The third kappa shape index (κ3) is 4.47. The first-order valence-corrected chi connectivity index (χ1v) is 11.2. The Labute approximate surface area is 184 Å². The molecule has 2 saturated heterocycles. The van der Waals surface area contributed by atoms with Gasteiger partial charge in [0.25, 0.3) is 11.1 Å². The van der Waals surface area contributed by atoms with E-state index in [0.29, 0.717) is 23.0 Å². The predicted molar refractivity (Wildman–Crippen MR) is 119 cm³/mol. The number of carbonyl (C=O) groups excluding carboxylic acids is 3. The van der Waals surface area contributed by atoms with Gasteiger partial charge in [-0.3, -0.25) is 19.3 Å². The maximum Gasteiger partial charge on any atom is 0.294 e. The lowest BCUT2D eigenvalue weighted by Gasteiger charge is -2.22. The molecule has 8 heteroatoms. The molecule has 1 aromatic heterocycles. The predicted octanol–water partition coefficient (Wildman–Crippen LogP) is 4.57. The molecular formula is C22H22ClN3O3S. The van der Waals surface area contributed by atoms with Crippen LogP contribution in [0.2, 0.25) is 5.02 Å². The molecule has 3 heterocycles. The fourth-order valence-electron chi connectivity index (χ4n) is 3.67. The van der Waals surface area contributed by atoms with Gasteiger partial charge in [0.1, 0.15) is 6.54 Å². The summed E-state index contributed by atoms with van der Waals surface area (Å²) in [5.41, 5.74) is 1.66. The van der Waals surface area contributed by atoms with Crippen LogP contribution in [0.1, 0.15) is 31.4 Å². The zero-order valence-corrected chi connectivity index (χ0v) is 18.0. The van der Waals surface area contributed by atoms with Gasteiger partial charge in [0, 0.05) is 35.7 Å². The Morgan fingerprint density at radius 3 is 2.43 bits per heavy atom. The van der Waals surface area contributed by atoms with Crippen LogP contribution in [-0.4, -0.2) is 51.1 Å². The molecule has 0 atom stereocenters. The minimum absolute atomic E-state index is 0.162. The van der Waals surface area contributed by atoms with Gasteiger partial charge in [-0.05, 0) is 67.1 Å². The standard InChI is InChI=1S/C22H22ClN3O3S/c23-16-7-9-17(10-8-16)25-13-5-6-18(25)14-19-21(28)26(22(29)30-19)15-20(27)24-11-3-1-2-4-12-24/h5-10,13-14H,1-4,11-12,15H2. The second-order valence-corrected chi connectivity index (χ2v) is 8.77. The average Bonchev–Trinajstić information content (AvgIpc) is 3.16. The van der Waals surface area contributed by atoms with Crippen molar-refractivity contribution in [2.75, 3.05) is 19.6 Å². The first kappa shape index (κ1) is 20.8. The second-order valence-electron chi connectivity index (χ2n) is 7.34. The fourth-order valence-corrected chi connectivity index (χ4v) is 4.62. The number of nitrogens with zero attached hydrogens (tertiary/aromatic N) is 3. The number of amides is 3. The average molecular weight is 444 g/mol. The number of hydrogen-bond acceptors (Lipinski definition) is 4. The molecule has 3 amide bonds. The lowest BCUT2D eigenvalue weighted by molar-refractivity contribution is -0.135. The topological polar surface area (TPSA) is 62.6 Å². The van der Waals surface area contributed by atoms with E-state index in [1.807, 2.05) is 35.0 Å². The number of hydrogen-bond donors (Lipinski definition) is 0. The molecule has 2 aliphatic heterocycles. The highest BCUT2D eigenvalue weighted by molar-refractivity contribution is 8.18. The molecule has 0 saturated carbocycles. The van der Waals surface area contributed by atoms with E-state index >= 15 is 0 Å². The summed E-state index contributed by atoms with van der Waals surface area (Å²) in [6.07, 6.45) is 7.73. The van der Waals surface area contributed by atoms with Crippen molar-refractivity contribution in [2.45, 2.75) is 25.7 Å². The van der Waals surface area contributed by atoms with E-state index in [0.717, 1.165) is 53.7 Å². The number of aromatic nitrogens is 1. The number of carbonyl (C=O) groups is 3. The minimum atomic E-state index is -0.419. The highest BCUT2D eigenvalue weighted by Crippen LogP contribution is 2.32. The fraction of sp³-hybridized carbons (Fsp3) is 0.318. The Balaban J connectivity index is 1.50. The van der Waals surface area contributed by atoms with Crippen molar-refractivity contribution in [1.82, 2.24) is 14.4 Å². The van der Waals surface area contributed by atoms with Crippen LogP contribution in [-0.2, 0) is 9.59 Å². The molecule has 0 aliphatic carbocycles. The van der Waals surface area contributed by atoms with Crippen LogP contribution in [0.15, 0.2) is 47.5 Å². The van der Waals surface area contributed by atoms with Crippen LogP contribution in [0.5, 0.6) is 0 Å². The van der Waals surface area contributed by atoms with Gasteiger partial charge in [-0.25, -0.2) is 0 Å². The van der Waals surface area contributed by atoms with E-state index in [4.69, 9.17) is 11.6 Å². The van der Waals surface area contributed by atoms with Gasteiger partial charge in [0.2, 0.25) is 5.91 Å². The highest BCUT2D eigenvalue weighted by Gasteiger charge is 2.37. The van der Waals surface area contributed by atoms with Gasteiger partial charge < -0.3 is 9.47 Å². The van der Waals surface area contributed by atoms with Gasteiger partial charge in [0.15, 0.2) is 0 Å². The molecule has 4 rings (SSSR count). The molecule has 30 heavy (non-hydrogen) atoms. The van der Waals surface area contributed by atoms with Crippen molar-refractivity contribution >= 4 is 46.5 Å². The molecule has 0 radical (unpaired) electrons. The van der Waals surface area contributed by atoms with Crippen molar-refractivity contribution in [2.24, 2.45) is 0 Å².